The molecule has 14 nitrogen and oxygen atoms in total. The SMILES string of the molecule is O=P(O)(O)CS(=O)(=O)C[C@H]1O[C@@H](n2ncc3c(N[C@@H]4CCc5ccccc54)nc(C#CC4(O)CC4)nc32)[C@H](O)[C@@H]1O. The van der Waals surface area contributed by atoms with Crippen LogP contribution >= 0.6 is 7.60 Å². The number of hydrogen-bond acceptors (Lipinski definition) is 11. The minimum atomic E-state index is -4.89. The number of aliphatic hydroxyl groups excluding tert-OH is 2. The molecule has 0 amide bonds. The summed E-state index contributed by atoms with van der Waals surface area (Å²) < 4.78 is 42.7. The highest BCUT2D eigenvalue weighted by atomic mass is 32.2. The van der Waals surface area contributed by atoms with Gasteiger partial charge in [0, 0.05) is 0 Å². The zero-order valence-corrected chi connectivity index (χ0v) is 23.2. The molecule has 2 fully saturated rings. The highest BCUT2D eigenvalue weighted by Gasteiger charge is 2.47. The van der Waals surface area contributed by atoms with Crippen molar-refractivity contribution in [1.82, 2.24) is 19.7 Å². The van der Waals surface area contributed by atoms with Crippen molar-refractivity contribution in [3.8, 4) is 11.8 Å². The van der Waals surface area contributed by atoms with E-state index in [1.807, 2.05) is 18.2 Å². The summed E-state index contributed by atoms with van der Waals surface area (Å²) in [5.41, 5.74) is 0.0218. The topological polar surface area (TPSA) is 217 Å². The second-order valence-corrected chi connectivity index (χ2v) is 14.9. The molecule has 3 aliphatic rings. The largest absolute Gasteiger partial charge is 0.387 e. The fourth-order valence-corrected chi connectivity index (χ4v) is 8.44. The van der Waals surface area contributed by atoms with Crippen LogP contribution in [0.25, 0.3) is 11.0 Å². The molecule has 16 heteroatoms. The second-order valence-electron chi connectivity index (χ2n) is 10.7. The van der Waals surface area contributed by atoms with Crippen LogP contribution in [0.1, 0.15) is 48.5 Å². The third-order valence-corrected chi connectivity index (χ3v) is 11.1. The van der Waals surface area contributed by atoms with E-state index in [-0.39, 0.29) is 17.5 Å². The first kappa shape index (κ1) is 28.2. The second kappa shape index (κ2) is 10.1. The van der Waals surface area contributed by atoms with E-state index >= 15 is 0 Å². The summed E-state index contributed by atoms with van der Waals surface area (Å²) in [6.45, 7) is 0. The Labute approximate surface area is 234 Å². The molecule has 0 bridgehead atoms. The Morgan fingerprint density at radius 2 is 1.93 bits per heavy atom. The predicted octanol–water partition coefficient (Wildman–Crippen LogP) is -0.0287. The van der Waals surface area contributed by atoms with Crippen molar-refractivity contribution in [2.45, 2.75) is 61.9 Å². The first-order chi connectivity index (χ1) is 19.3. The number of aliphatic hydroxyl groups is 3. The number of ether oxygens (including phenoxy) is 1. The molecule has 0 unspecified atom stereocenters. The van der Waals surface area contributed by atoms with E-state index in [4.69, 9.17) is 14.5 Å². The number of sulfone groups is 1. The molecule has 0 radical (unpaired) electrons. The summed E-state index contributed by atoms with van der Waals surface area (Å²) in [5, 5.41) is 39.7. The number of aryl methyl sites for hydroxylation is 1. The number of fused-ring (bicyclic) bond motifs is 2. The van der Waals surface area contributed by atoms with Gasteiger partial charge in [-0.2, -0.15) is 5.10 Å². The normalized spacial score (nSPS) is 26.9. The van der Waals surface area contributed by atoms with E-state index in [9.17, 15) is 28.3 Å². The quantitative estimate of drug-likeness (QED) is 0.154. The van der Waals surface area contributed by atoms with Gasteiger partial charge in [-0.05, 0) is 42.7 Å². The molecule has 0 spiro atoms. The van der Waals surface area contributed by atoms with Crippen LogP contribution in [0.3, 0.4) is 0 Å². The molecule has 1 saturated heterocycles. The van der Waals surface area contributed by atoms with Crippen LogP contribution in [0.4, 0.5) is 5.82 Å². The Kier molecular flexibility index (Phi) is 6.95. The molecule has 218 valence electrons. The van der Waals surface area contributed by atoms with Crippen LogP contribution in [-0.4, -0.2) is 88.4 Å². The number of hydrogen-bond donors (Lipinski definition) is 6. The van der Waals surface area contributed by atoms with Gasteiger partial charge in [-0.25, -0.2) is 23.1 Å². The van der Waals surface area contributed by atoms with E-state index < -0.39 is 58.8 Å². The first-order valence-corrected chi connectivity index (χ1v) is 16.5. The molecule has 5 atom stereocenters. The van der Waals surface area contributed by atoms with E-state index in [0.717, 1.165) is 18.4 Å². The Bertz CT molecular complexity index is 1730. The summed E-state index contributed by atoms with van der Waals surface area (Å²) in [6.07, 6.45) is -1.96. The standard InChI is InChI=1S/C25H28N5O9PS/c31-20-18(12-41(37,38)13-40(34,35)36)39-24(21(20)32)30-23-16(11-26-30)22(28-19(29-23)7-8-25(33)9-10-25)27-17-6-5-14-3-1-2-4-15(14)17/h1-4,11,17-18,20-21,24,31-33H,5-6,9-10,12-13H2,(H,27,28,29)(H2,34,35,36)/t17-,18-,20-,21-,24-/m1/s1. The minimum Gasteiger partial charge on any atom is -0.387 e. The molecule has 3 aromatic rings. The van der Waals surface area contributed by atoms with Gasteiger partial charge < -0.3 is 35.2 Å². The zero-order valence-electron chi connectivity index (χ0n) is 21.5. The van der Waals surface area contributed by atoms with Crippen LogP contribution in [0, 0.1) is 11.8 Å². The van der Waals surface area contributed by atoms with E-state index in [0.29, 0.717) is 24.0 Å². The molecule has 2 aliphatic carbocycles. The van der Waals surface area contributed by atoms with Crippen LogP contribution in [0.2, 0.25) is 0 Å². The van der Waals surface area contributed by atoms with Crippen molar-refractivity contribution in [3.05, 3.63) is 47.4 Å². The predicted molar refractivity (Wildman–Crippen MR) is 144 cm³/mol. The molecule has 1 saturated carbocycles. The lowest BCUT2D eigenvalue weighted by Crippen LogP contribution is -2.36. The lowest BCUT2D eigenvalue weighted by Gasteiger charge is -2.17. The summed E-state index contributed by atoms with van der Waals surface area (Å²) in [7, 11) is -9.24. The molecular formula is C25H28N5O9PS. The maximum Gasteiger partial charge on any atom is 0.340 e. The lowest BCUT2D eigenvalue weighted by molar-refractivity contribution is -0.0364. The molecule has 3 heterocycles. The minimum absolute atomic E-state index is 0.0557. The number of rotatable bonds is 7. The summed E-state index contributed by atoms with van der Waals surface area (Å²) >= 11 is 0. The van der Waals surface area contributed by atoms with Crippen molar-refractivity contribution in [3.63, 3.8) is 0 Å². The Balaban J connectivity index is 1.35. The van der Waals surface area contributed by atoms with Crippen LogP contribution < -0.4 is 5.32 Å². The molecule has 6 N–H and O–H groups in total. The van der Waals surface area contributed by atoms with Crippen LogP contribution in [-0.2, 0) is 25.6 Å². The third kappa shape index (κ3) is 5.88. The molecule has 2 aromatic heterocycles. The van der Waals surface area contributed by atoms with E-state index in [1.165, 1.54) is 16.4 Å². The summed E-state index contributed by atoms with van der Waals surface area (Å²) in [4.78, 5) is 27.2. The maximum atomic E-state index is 12.3. The smallest absolute Gasteiger partial charge is 0.340 e. The van der Waals surface area contributed by atoms with E-state index in [1.54, 1.807) is 0 Å². The average Bonchev–Trinajstić information content (AvgIpc) is 3.19. The Morgan fingerprint density at radius 3 is 2.66 bits per heavy atom. The molecular weight excluding hydrogens is 577 g/mol. The van der Waals surface area contributed by atoms with Crippen molar-refractivity contribution >= 4 is 34.3 Å². The van der Waals surface area contributed by atoms with Crippen LogP contribution in [0.15, 0.2) is 30.5 Å². The fourth-order valence-electron chi connectivity index (χ4n) is 5.19. The number of aromatic nitrogens is 4. The highest BCUT2D eigenvalue weighted by molar-refractivity contribution is 7.97. The van der Waals surface area contributed by atoms with Gasteiger partial charge in [-0.3, -0.25) is 4.57 Å². The molecule has 6 rings (SSSR count). The van der Waals surface area contributed by atoms with Gasteiger partial charge in [0.05, 0.1) is 23.4 Å². The first-order valence-electron chi connectivity index (χ1n) is 12.9. The summed E-state index contributed by atoms with van der Waals surface area (Å²) in [6, 6.07) is 7.99. The zero-order chi connectivity index (χ0) is 29.2. The highest BCUT2D eigenvalue weighted by Crippen LogP contribution is 2.39. The molecule has 1 aliphatic heterocycles. The molecule has 41 heavy (non-hydrogen) atoms. The average molecular weight is 606 g/mol. The summed E-state index contributed by atoms with van der Waals surface area (Å²) in [5.74, 6) is 5.13. The van der Waals surface area contributed by atoms with Crippen LogP contribution in [0.5, 0.6) is 0 Å². The van der Waals surface area contributed by atoms with Gasteiger partial charge in [-0.1, -0.05) is 30.2 Å². The number of nitrogens with zero attached hydrogens (tertiary/aromatic N) is 4. The Hall–Kier alpha value is -2.93. The number of anilines is 1. The van der Waals surface area contributed by atoms with Crippen molar-refractivity contribution in [1.29, 1.82) is 0 Å². The van der Waals surface area contributed by atoms with Gasteiger partial charge >= 0.3 is 7.60 Å². The van der Waals surface area contributed by atoms with Gasteiger partial charge in [0.2, 0.25) is 5.82 Å². The lowest BCUT2D eigenvalue weighted by atomic mass is 10.1. The Morgan fingerprint density at radius 1 is 1.17 bits per heavy atom. The van der Waals surface area contributed by atoms with Crippen molar-refractivity contribution in [2.24, 2.45) is 0 Å². The maximum absolute atomic E-state index is 12.3. The van der Waals surface area contributed by atoms with Gasteiger partial charge in [-0.15, -0.1) is 0 Å². The van der Waals surface area contributed by atoms with Gasteiger partial charge in [0.1, 0.15) is 29.7 Å². The van der Waals surface area contributed by atoms with Crippen molar-refractivity contribution in [2.75, 3.05) is 16.6 Å². The van der Waals surface area contributed by atoms with Crippen molar-refractivity contribution < 1.29 is 42.8 Å². The number of benzene rings is 1. The van der Waals surface area contributed by atoms with E-state index in [2.05, 4.69) is 38.3 Å². The monoisotopic (exact) mass is 605 g/mol. The number of nitrogens with one attached hydrogen (secondary N) is 1. The van der Waals surface area contributed by atoms with Gasteiger partial charge in [0.15, 0.2) is 27.2 Å². The fraction of sp³-hybridized carbons (Fsp3) is 0.480. The van der Waals surface area contributed by atoms with Gasteiger partial charge in [0.25, 0.3) is 0 Å². The third-order valence-electron chi connectivity index (χ3n) is 7.39. The molecule has 1 aromatic carbocycles.